The predicted octanol–water partition coefficient (Wildman–Crippen LogP) is 15.0. The maximum absolute atomic E-state index is 14.2. The standard InChI is InChI=1S/C22H20Cl2F3NO4.C22H20Cl2F3NO3.C13H11NO3S/c1-11-7-12(5-6-16(11)19(30)31-20(2,3)4)17-18(29)21(32-28-17,22(25,26)27)13-8-14(23)10-15(24)9-13;1-12-7-13(5-6-17(12)19(29)30-20(2,3)4)18-11-21(31-28-18,22(25,26)27)14-8-15(23)10-16(24)9-14;15-18(16,12-9-5-2-6-10-12)14-13(17-14)11-7-3-1-4-8-11/h5-10,18,29H,1-4H3;5-10H,11H2,1-4H3;1-10,13H. The monoisotopic (exact) mass is 1220 g/mol. The van der Waals surface area contributed by atoms with Crippen molar-refractivity contribution in [2.75, 3.05) is 0 Å². The summed E-state index contributed by atoms with van der Waals surface area (Å²) in [5.41, 5.74) is -5.36. The number of esters is 2. The number of alkyl halides is 6. The molecule has 430 valence electrons. The van der Waals surface area contributed by atoms with Crippen LogP contribution in [0.2, 0.25) is 20.1 Å². The van der Waals surface area contributed by atoms with E-state index >= 15 is 0 Å². The van der Waals surface area contributed by atoms with Crippen molar-refractivity contribution in [2.24, 2.45) is 10.3 Å². The van der Waals surface area contributed by atoms with Crippen LogP contribution in [0.1, 0.15) is 114 Å². The minimum atomic E-state index is -5.06. The number of oxime groups is 2. The number of benzene rings is 6. The lowest BCUT2D eigenvalue weighted by atomic mass is 9.83. The second-order valence-corrected chi connectivity index (χ2v) is 24.2. The Hall–Kier alpha value is -6.23. The van der Waals surface area contributed by atoms with Gasteiger partial charge in [-0.05, 0) is 149 Å². The normalized spacial score (nSPS) is 20.7. The van der Waals surface area contributed by atoms with Crippen molar-refractivity contribution in [1.29, 1.82) is 0 Å². The van der Waals surface area contributed by atoms with Crippen LogP contribution in [-0.4, -0.2) is 71.0 Å². The highest BCUT2D eigenvalue weighted by atomic mass is 35.5. The number of halogens is 10. The summed E-state index contributed by atoms with van der Waals surface area (Å²) in [6.07, 6.45) is -13.1. The third-order valence-electron chi connectivity index (χ3n) is 12.2. The minimum absolute atomic E-state index is 0.0562. The first-order valence-electron chi connectivity index (χ1n) is 24.3. The molecule has 0 amide bonds. The molecule has 24 heteroatoms. The zero-order valence-electron chi connectivity index (χ0n) is 44.2. The molecule has 1 saturated heterocycles. The Morgan fingerprint density at radius 1 is 0.617 bits per heavy atom. The molecule has 1 N–H and O–H groups in total. The van der Waals surface area contributed by atoms with Gasteiger partial charge >= 0.3 is 24.3 Å². The van der Waals surface area contributed by atoms with E-state index in [1.54, 1.807) is 91.8 Å². The topological polar surface area (TPSA) is 166 Å². The molecule has 6 aromatic carbocycles. The Morgan fingerprint density at radius 3 is 1.53 bits per heavy atom. The highest BCUT2D eigenvalue weighted by Crippen LogP contribution is 2.52. The highest BCUT2D eigenvalue weighted by molar-refractivity contribution is 7.89. The van der Waals surface area contributed by atoms with E-state index in [2.05, 4.69) is 10.3 Å². The van der Waals surface area contributed by atoms with E-state index in [0.29, 0.717) is 22.3 Å². The molecule has 5 atom stereocenters. The quantitative estimate of drug-likeness (QED) is 0.0836. The van der Waals surface area contributed by atoms with Crippen molar-refractivity contribution in [1.82, 2.24) is 4.47 Å². The number of aliphatic hydroxyl groups is 1. The maximum Gasteiger partial charge on any atom is 0.438 e. The second-order valence-electron chi connectivity index (χ2n) is 20.7. The Balaban J connectivity index is 0.000000182. The fourth-order valence-corrected chi connectivity index (χ4v) is 10.7. The zero-order valence-corrected chi connectivity index (χ0v) is 48.1. The van der Waals surface area contributed by atoms with Crippen LogP contribution in [-0.2, 0) is 45.2 Å². The van der Waals surface area contributed by atoms with Crippen molar-refractivity contribution < 1.29 is 73.4 Å². The van der Waals surface area contributed by atoms with Gasteiger partial charge in [-0.15, -0.1) is 0 Å². The van der Waals surface area contributed by atoms with Crippen LogP contribution in [0.15, 0.2) is 149 Å². The molecule has 0 bridgehead atoms. The first-order valence-corrected chi connectivity index (χ1v) is 27.3. The maximum atomic E-state index is 14.2. The number of carbonyl (C=O) groups excluding carboxylic acids is 2. The van der Waals surface area contributed by atoms with Crippen LogP contribution in [0.25, 0.3) is 0 Å². The highest BCUT2D eigenvalue weighted by Gasteiger charge is 2.68. The summed E-state index contributed by atoms with van der Waals surface area (Å²) in [6, 6.07) is 33.3. The van der Waals surface area contributed by atoms with Crippen molar-refractivity contribution in [3.63, 3.8) is 0 Å². The lowest BCUT2D eigenvalue weighted by Crippen LogP contribution is -2.52. The van der Waals surface area contributed by atoms with Crippen molar-refractivity contribution in [3.05, 3.63) is 204 Å². The molecule has 81 heavy (non-hydrogen) atoms. The Morgan fingerprint density at radius 2 is 1.07 bits per heavy atom. The fraction of sp³-hybridized carbons (Fsp3) is 0.298. The molecule has 3 aliphatic heterocycles. The van der Waals surface area contributed by atoms with Gasteiger partial charge in [-0.2, -0.15) is 26.3 Å². The molecule has 6 aromatic rings. The average Bonchev–Trinajstić information content (AvgIpc) is 4.17. The second kappa shape index (κ2) is 23.6. The summed E-state index contributed by atoms with van der Waals surface area (Å²) < 4.78 is 121. The van der Waals surface area contributed by atoms with Crippen molar-refractivity contribution in [2.45, 2.75) is 114 Å². The van der Waals surface area contributed by atoms with Crippen LogP contribution in [0, 0.1) is 13.8 Å². The van der Waals surface area contributed by atoms with E-state index in [1.807, 2.05) is 30.3 Å². The van der Waals surface area contributed by atoms with Gasteiger partial charge in [0, 0.05) is 48.8 Å². The van der Waals surface area contributed by atoms with Crippen LogP contribution >= 0.6 is 46.4 Å². The molecular weight excluding hydrogens is 1170 g/mol. The number of ether oxygens (including phenoxy) is 2. The van der Waals surface area contributed by atoms with Crippen molar-refractivity contribution in [3.8, 4) is 0 Å². The summed E-state index contributed by atoms with van der Waals surface area (Å²) in [6.45, 7) is 13.7. The number of aryl methyl sites for hydroxylation is 2. The first-order chi connectivity index (χ1) is 37.6. The molecule has 1 fully saturated rings. The van der Waals surface area contributed by atoms with Gasteiger partial charge in [-0.25, -0.2) is 18.0 Å². The SMILES string of the molecule is Cc1cc(C2=NOC(c3cc(Cl)cc(Cl)c3)(C(F)(F)F)C2)ccc1C(=O)OC(C)(C)C.Cc1cc(C2=NOC(c3cc(Cl)cc(Cl)c3)(C(F)(F)F)C2O)ccc1C(=O)OC(C)(C)C.O=S(=O)(c1ccccc1)N1OC1c1ccccc1. The van der Waals surface area contributed by atoms with E-state index in [9.17, 15) is 49.5 Å². The fourth-order valence-electron chi connectivity index (χ4n) is 8.36. The smallest absolute Gasteiger partial charge is 0.438 e. The number of hydroxylamine groups is 1. The van der Waals surface area contributed by atoms with E-state index in [-0.39, 0.29) is 53.1 Å². The summed E-state index contributed by atoms with van der Waals surface area (Å²) in [4.78, 5) is 40.0. The molecule has 0 aromatic heterocycles. The van der Waals surface area contributed by atoms with Crippen LogP contribution < -0.4 is 0 Å². The molecule has 0 radical (unpaired) electrons. The minimum Gasteiger partial charge on any atom is -0.456 e. The number of hydrogen-bond acceptors (Lipinski definition) is 12. The third-order valence-corrected chi connectivity index (χ3v) is 14.7. The first kappa shape index (κ1) is 62.4. The molecule has 0 saturated carbocycles. The van der Waals surface area contributed by atoms with Gasteiger partial charge in [0.1, 0.15) is 16.9 Å². The van der Waals surface area contributed by atoms with Gasteiger partial charge in [0.15, 0.2) is 12.3 Å². The largest absolute Gasteiger partial charge is 0.456 e. The van der Waals surface area contributed by atoms with E-state index in [0.717, 1.165) is 34.3 Å². The molecule has 5 unspecified atom stereocenters. The Kier molecular flexibility index (Phi) is 18.1. The van der Waals surface area contributed by atoms with Gasteiger partial charge in [0.2, 0.25) is 0 Å². The van der Waals surface area contributed by atoms with Gasteiger partial charge in [0.25, 0.3) is 21.2 Å². The molecule has 0 spiro atoms. The van der Waals surface area contributed by atoms with E-state index in [1.165, 1.54) is 42.5 Å². The van der Waals surface area contributed by atoms with Crippen molar-refractivity contribution >= 4 is 79.8 Å². The lowest BCUT2D eigenvalue weighted by Gasteiger charge is -2.32. The lowest BCUT2D eigenvalue weighted by molar-refractivity contribution is -0.296. The zero-order chi connectivity index (χ0) is 59.8. The molecule has 3 heterocycles. The van der Waals surface area contributed by atoms with Gasteiger partial charge in [-0.1, -0.05) is 117 Å². The number of hydrogen-bond donors (Lipinski definition) is 1. The molecular formula is C57H51Cl4F6N3O10S. The van der Waals surface area contributed by atoms with Crippen LogP contribution in [0.5, 0.6) is 0 Å². The van der Waals surface area contributed by atoms with E-state index < -0.39 is 81.0 Å². The van der Waals surface area contributed by atoms with Gasteiger partial charge in [-0.3, -0.25) is 4.84 Å². The Labute approximate surface area is 482 Å². The number of rotatable bonds is 9. The van der Waals surface area contributed by atoms with Gasteiger partial charge < -0.3 is 24.3 Å². The number of sulfonamides is 1. The average molecular weight is 1230 g/mol. The predicted molar refractivity (Wildman–Crippen MR) is 293 cm³/mol. The number of carbonyl (C=O) groups is 2. The molecule has 13 nitrogen and oxygen atoms in total. The number of nitrogens with zero attached hydrogens (tertiary/aromatic N) is 3. The third kappa shape index (κ3) is 14.0. The summed E-state index contributed by atoms with van der Waals surface area (Å²) in [5, 5.41) is 18.1. The summed E-state index contributed by atoms with van der Waals surface area (Å²) >= 11 is 23.6. The van der Waals surface area contributed by atoms with Crippen LogP contribution in [0.4, 0.5) is 26.3 Å². The molecule has 0 aliphatic carbocycles. The van der Waals surface area contributed by atoms with Crippen LogP contribution in [0.3, 0.4) is 0 Å². The summed E-state index contributed by atoms with van der Waals surface area (Å²) in [7, 11) is -3.55. The summed E-state index contributed by atoms with van der Waals surface area (Å²) in [5.74, 6) is -1.09. The Bertz CT molecular complexity index is 3480. The molecule has 3 aliphatic rings. The van der Waals surface area contributed by atoms with Gasteiger partial charge in [0.05, 0.1) is 21.7 Å². The van der Waals surface area contributed by atoms with E-state index in [4.69, 9.17) is 70.4 Å². The molecule has 9 rings (SSSR count). The number of aliphatic hydroxyl groups excluding tert-OH is 1.